The van der Waals surface area contributed by atoms with Crippen molar-refractivity contribution in [2.75, 3.05) is 10.6 Å². The van der Waals surface area contributed by atoms with Gasteiger partial charge in [0.15, 0.2) is 17.0 Å². The van der Waals surface area contributed by atoms with Gasteiger partial charge in [-0.2, -0.15) is 9.97 Å². The van der Waals surface area contributed by atoms with E-state index in [1.54, 1.807) is 19.9 Å². The Hall–Kier alpha value is -2.87. The van der Waals surface area contributed by atoms with Gasteiger partial charge in [0.25, 0.3) is 0 Å². The minimum absolute atomic E-state index is 0.0226. The van der Waals surface area contributed by atoms with Gasteiger partial charge in [0.05, 0.1) is 11.9 Å². The third-order valence-corrected chi connectivity index (χ3v) is 5.62. The lowest BCUT2D eigenvalue weighted by molar-refractivity contribution is 0.0672. The van der Waals surface area contributed by atoms with Crippen LogP contribution in [0.1, 0.15) is 71.0 Å². The first-order valence-electron chi connectivity index (χ1n) is 11.4. The van der Waals surface area contributed by atoms with Crippen LogP contribution in [-0.2, 0) is 6.54 Å². The first-order chi connectivity index (χ1) is 15.1. The minimum Gasteiger partial charge on any atom is -0.508 e. The molecule has 4 N–H and O–H groups in total. The molecule has 1 aromatic carbocycles. The number of benzene rings is 1. The molecule has 1 unspecified atom stereocenters. The van der Waals surface area contributed by atoms with Crippen LogP contribution in [0.25, 0.3) is 11.2 Å². The fraction of sp³-hybridized carbons (Fsp3) is 0.542. The smallest absolute Gasteiger partial charge is 0.226 e. The number of imidazole rings is 1. The summed E-state index contributed by atoms with van der Waals surface area (Å²) in [5, 5.41) is 27.1. The van der Waals surface area contributed by atoms with Gasteiger partial charge in [-0.15, -0.1) is 0 Å². The molecule has 0 amide bonds. The van der Waals surface area contributed by atoms with Crippen LogP contribution < -0.4 is 10.6 Å². The number of hydrogen-bond donors (Lipinski definition) is 4. The van der Waals surface area contributed by atoms with Crippen molar-refractivity contribution in [1.82, 2.24) is 19.5 Å². The summed E-state index contributed by atoms with van der Waals surface area (Å²) in [6.45, 7) is 12.3. The summed E-state index contributed by atoms with van der Waals surface area (Å²) >= 11 is 0. The molecular weight excluding hydrogens is 404 g/mol. The van der Waals surface area contributed by atoms with Crippen LogP contribution in [0.2, 0.25) is 0 Å². The van der Waals surface area contributed by atoms with Crippen molar-refractivity contribution in [1.29, 1.82) is 0 Å². The van der Waals surface area contributed by atoms with Crippen LogP contribution in [0.4, 0.5) is 11.8 Å². The SMILES string of the molecule is CCC(CC)n1cnc2c(NCc3cc(C)ccc3O)nc(NC(C)CC(C)(C)O)nc21. The van der Waals surface area contributed by atoms with Crippen LogP contribution in [0.3, 0.4) is 0 Å². The maximum Gasteiger partial charge on any atom is 0.226 e. The third kappa shape index (κ3) is 5.68. The number of hydrogen-bond acceptors (Lipinski definition) is 7. The highest BCUT2D eigenvalue weighted by molar-refractivity contribution is 5.84. The van der Waals surface area contributed by atoms with E-state index < -0.39 is 5.60 Å². The van der Waals surface area contributed by atoms with Gasteiger partial charge in [-0.25, -0.2) is 4.98 Å². The van der Waals surface area contributed by atoms with E-state index in [-0.39, 0.29) is 11.8 Å². The Morgan fingerprint density at radius 2 is 1.88 bits per heavy atom. The number of aliphatic hydroxyl groups is 1. The van der Waals surface area contributed by atoms with E-state index in [9.17, 15) is 10.2 Å². The van der Waals surface area contributed by atoms with Crippen molar-refractivity contribution in [2.45, 2.75) is 85.0 Å². The maximum absolute atomic E-state index is 10.2. The molecule has 0 bridgehead atoms. The van der Waals surface area contributed by atoms with Gasteiger partial charge in [0, 0.05) is 24.2 Å². The molecule has 3 rings (SSSR count). The van der Waals surface area contributed by atoms with E-state index in [2.05, 4.69) is 39.0 Å². The molecule has 8 nitrogen and oxygen atoms in total. The average Bonchev–Trinajstić information content (AvgIpc) is 3.12. The molecular formula is C24H36N6O2. The van der Waals surface area contributed by atoms with Crippen LogP contribution in [0.15, 0.2) is 24.5 Å². The minimum atomic E-state index is -0.794. The van der Waals surface area contributed by atoms with Crippen molar-refractivity contribution < 1.29 is 10.2 Å². The Labute approximate surface area is 190 Å². The monoisotopic (exact) mass is 440 g/mol. The van der Waals surface area contributed by atoms with Crippen LogP contribution in [0, 0.1) is 6.92 Å². The zero-order chi connectivity index (χ0) is 23.5. The van der Waals surface area contributed by atoms with Crippen LogP contribution >= 0.6 is 0 Å². The lowest BCUT2D eigenvalue weighted by Crippen LogP contribution is -2.29. The molecule has 0 saturated carbocycles. The Kier molecular flexibility index (Phi) is 7.23. The van der Waals surface area contributed by atoms with Crippen molar-refractivity contribution in [3.05, 3.63) is 35.7 Å². The highest BCUT2D eigenvalue weighted by Crippen LogP contribution is 2.28. The fourth-order valence-electron chi connectivity index (χ4n) is 4.11. The molecule has 0 saturated heterocycles. The summed E-state index contributed by atoms with van der Waals surface area (Å²) in [5.74, 6) is 1.34. The Morgan fingerprint density at radius 3 is 2.53 bits per heavy atom. The Bertz CT molecular complexity index is 1050. The number of aromatic hydroxyl groups is 1. The van der Waals surface area contributed by atoms with Crippen molar-refractivity contribution >= 4 is 22.9 Å². The highest BCUT2D eigenvalue weighted by atomic mass is 16.3. The van der Waals surface area contributed by atoms with E-state index in [0.29, 0.717) is 36.3 Å². The number of nitrogens with one attached hydrogen (secondary N) is 2. The molecule has 0 aliphatic heterocycles. The van der Waals surface area contributed by atoms with E-state index in [1.807, 2.05) is 32.3 Å². The lowest BCUT2D eigenvalue weighted by atomic mass is 10.0. The molecule has 0 fully saturated rings. The summed E-state index contributed by atoms with van der Waals surface area (Å²) in [7, 11) is 0. The number of nitrogens with zero attached hydrogens (tertiary/aromatic N) is 4. The largest absolute Gasteiger partial charge is 0.508 e. The zero-order valence-corrected chi connectivity index (χ0v) is 20.0. The van der Waals surface area contributed by atoms with Gasteiger partial charge in [-0.1, -0.05) is 31.5 Å². The molecule has 0 aliphatic carbocycles. The fourth-order valence-corrected chi connectivity index (χ4v) is 4.11. The molecule has 0 spiro atoms. The van der Waals surface area contributed by atoms with Gasteiger partial charge in [-0.3, -0.25) is 0 Å². The number of phenolic OH excluding ortho intramolecular Hbond substituents is 1. The number of fused-ring (bicyclic) bond motifs is 1. The van der Waals surface area contributed by atoms with Gasteiger partial charge >= 0.3 is 0 Å². The Morgan fingerprint density at radius 1 is 1.16 bits per heavy atom. The normalized spacial score (nSPS) is 13.0. The molecule has 3 aromatic rings. The quantitative estimate of drug-likeness (QED) is 0.359. The summed E-state index contributed by atoms with van der Waals surface area (Å²) in [4.78, 5) is 14.1. The topological polar surface area (TPSA) is 108 Å². The molecule has 174 valence electrons. The maximum atomic E-state index is 10.2. The molecule has 8 heteroatoms. The zero-order valence-electron chi connectivity index (χ0n) is 20.0. The van der Waals surface area contributed by atoms with Crippen molar-refractivity contribution in [3.63, 3.8) is 0 Å². The number of anilines is 2. The van der Waals surface area contributed by atoms with E-state index in [0.717, 1.165) is 29.6 Å². The summed E-state index contributed by atoms with van der Waals surface area (Å²) in [6.07, 6.45) is 4.34. The van der Waals surface area contributed by atoms with Gasteiger partial charge in [-0.05, 0) is 53.0 Å². The molecule has 0 radical (unpaired) electrons. The second kappa shape index (κ2) is 9.73. The van der Waals surface area contributed by atoms with E-state index >= 15 is 0 Å². The second-order valence-corrected chi connectivity index (χ2v) is 9.24. The number of rotatable bonds is 10. The number of aromatic nitrogens is 4. The average molecular weight is 441 g/mol. The third-order valence-electron chi connectivity index (χ3n) is 5.62. The molecule has 0 aliphatic rings. The molecule has 2 heterocycles. The predicted molar refractivity (Wildman–Crippen MR) is 129 cm³/mol. The molecule has 2 aromatic heterocycles. The van der Waals surface area contributed by atoms with E-state index in [1.165, 1.54) is 0 Å². The van der Waals surface area contributed by atoms with E-state index in [4.69, 9.17) is 4.98 Å². The summed E-state index contributed by atoms with van der Waals surface area (Å²) in [5.41, 5.74) is 2.54. The first-order valence-corrected chi connectivity index (χ1v) is 11.4. The predicted octanol–water partition coefficient (Wildman–Crippen LogP) is 4.77. The first kappa shape index (κ1) is 23.8. The van der Waals surface area contributed by atoms with Crippen molar-refractivity contribution in [2.24, 2.45) is 0 Å². The standard InChI is InChI=1S/C24H36N6O2/c1-7-18(8-2)30-14-26-20-21(25-13-17-11-15(3)9-10-19(17)31)28-23(29-22(20)30)27-16(4)12-24(5,6)32/h9-11,14,16,18,31-32H,7-8,12-13H2,1-6H3,(H2,25,27,28,29). The van der Waals surface area contributed by atoms with Gasteiger partial charge in [0.2, 0.25) is 5.95 Å². The lowest BCUT2D eigenvalue weighted by Gasteiger charge is -2.23. The molecule has 32 heavy (non-hydrogen) atoms. The summed E-state index contributed by atoms with van der Waals surface area (Å²) in [6, 6.07) is 5.81. The highest BCUT2D eigenvalue weighted by Gasteiger charge is 2.21. The Balaban J connectivity index is 1.98. The number of phenols is 1. The van der Waals surface area contributed by atoms with Crippen molar-refractivity contribution in [3.8, 4) is 5.75 Å². The van der Waals surface area contributed by atoms with Gasteiger partial charge in [0.1, 0.15) is 5.75 Å². The summed E-state index contributed by atoms with van der Waals surface area (Å²) < 4.78 is 2.11. The second-order valence-electron chi connectivity index (χ2n) is 9.24. The number of aryl methyl sites for hydroxylation is 1. The molecule has 1 atom stereocenters. The van der Waals surface area contributed by atoms with Crippen LogP contribution in [0.5, 0.6) is 5.75 Å². The van der Waals surface area contributed by atoms with Crippen LogP contribution in [-0.4, -0.2) is 41.4 Å². The van der Waals surface area contributed by atoms with Gasteiger partial charge < -0.3 is 25.4 Å².